The lowest BCUT2D eigenvalue weighted by atomic mass is 10.00. The van der Waals surface area contributed by atoms with Crippen molar-refractivity contribution in [3.05, 3.63) is 155 Å². The third kappa shape index (κ3) is 34.4. The van der Waals surface area contributed by atoms with Crippen LogP contribution in [-0.2, 0) is 75.3 Å². The van der Waals surface area contributed by atoms with E-state index in [0.29, 0.717) is 44.2 Å². The van der Waals surface area contributed by atoms with Gasteiger partial charge in [-0.05, 0) is 181 Å². The number of aromatic nitrogens is 1. The number of hydrogen-bond acceptors (Lipinski definition) is 26. The zero-order chi connectivity index (χ0) is 94.1. The molecule has 694 valence electrons. The Balaban J connectivity index is 1.17. The number of pyridine rings is 1. The molecule has 0 radical (unpaired) electrons. The van der Waals surface area contributed by atoms with Gasteiger partial charge in [-0.1, -0.05) is 100 Å². The molecular weight excluding hydrogens is 1680 g/mol. The van der Waals surface area contributed by atoms with E-state index >= 15 is 0 Å². The van der Waals surface area contributed by atoms with Crippen LogP contribution in [-0.4, -0.2) is 241 Å². The van der Waals surface area contributed by atoms with Crippen LogP contribution < -0.4 is 114 Å². The average molecular weight is 1800 g/mol. The van der Waals surface area contributed by atoms with Gasteiger partial charge < -0.3 is 129 Å². The highest BCUT2D eigenvalue weighted by Gasteiger charge is 2.39. The number of carbonyl (C=O) groups is 15. The lowest BCUT2D eigenvalue weighted by molar-refractivity contribution is -0.143. The van der Waals surface area contributed by atoms with Crippen molar-refractivity contribution in [3.8, 4) is 0 Å². The number of allylic oxidation sites excluding steroid dienone is 1. The first-order chi connectivity index (χ1) is 61.1. The predicted molar refractivity (Wildman–Crippen MR) is 478 cm³/mol. The number of benzene rings is 4. The van der Waals surface area contributed by atoms with Crippen molar-refractivity contribution in [2.24, 2.45) is 45.5 Å². The van der Waals surface area contributed by atoms with E-state index in [0.717, 1.165) is 11.8 Å². The minimum atomic E-state index is -1.91. The van der Waals surface area contributed by atoms with Crippen molar-refractivity contribution in [2.45, 2.75) is 194 Å². The van der Waals surface area contributed by atoms with E-state index in [4.69, 9.17) is 39.1 Å². The summed E-state index contributed by atoms with van der Waals surface area (Å²) in [5.41, 5.74) is 39.3. The quantitative estimate of drug-likeness (QED) is 0.00861. The SMILES string of the molecule is CNC(=O)c1ccccc1Sc1ccc(C(/C=C/c2ccccn2)=N\CC(=O)OCc2ccc(NC(=O)[C@H](CCCNC(N)=O)NC(=O)[C@@H](NC(=O)N[C@H](C(=O)NC(CCN)C(=O)N[C@H]3CCNC(=O)[C@H]([C@@H](C)O)NC(=O)[C@H](CCN)NC(=O)[C@H](CCN)NC(=O)[C@H](CC(C)C)NC(=O)[C@@H](Cc4ccccc4)NC(=O)[C@H](CCN)NC3=O)[C@@H](C)O)C(C)C)cc2)c(N)c1. The molecule has 42 heteroatoms. The molecule has 0 bridgehead atoms. The van der Waals surface area contributed by atoms with Crippen LogP contribution in [0.1, 0.15) is 126 Å². The van der Waals surface area contributed by atoms with Gasteiger partial charge in [0.2, 0.25) is 65.0 Å². The summed E-state index contributed by atoms with van der Waals surface area (Å²) in [6.07, 6.45) is -0.132. The second kappa shape index (κ2) is 53.5. The van der Waals surface area contributed by atoms with Crippen LogP contribution in [0.15, 0.2) is 142 Å². The number of esters is 1. The standard InChI is InChI=1S/C86H121N23O18S/c1-47(2)42-66-80(120)101-61(30-35-87)75(115)100-64(33-38-90)79(119)107-71(49(5)110)82(122)95-41-34-65(78(118)99-62(31-36-88)77(117)106-67(81(121)105-66)43-51-16-9-8-10-17-51)102-76(116)63(32-37-89)104-84(124)72(50(6)111)109-86(126)108-70(48(3)4)83(123)103-60(20-15-40-96-85(92)125)74(114)98-54-24-22-52(23-25-54)46-127-69(112)45-97-59(29-26-53-18-13-14-39-94-53)56-28-27-55(44-58(56)91)128-68-21-12-11-19-57(68)73(113)93-7/h8-14,16-19,21-29,39,44,47-50,60-67,70-72,110-111H,15,20,30-38,40-43,45-46,87-91H2,1-7H3,(H,93,113)(H,95,122)(H,98,114)(H,99,118)(H,100,115)(H,101,120)(H,102,116)(H,103,123)(H,104,124)(H,105,121)(H,106,117)(H,107,119)(H3,92,96,125)(H2,108,109,126)/b29-26+,97-59-/t49-,50-,60+,61+,62+,63?,64+,65+,66+,67-,70+,71+,72+/m1/s1. The van der Waals surface area contributed by atoms with Crippen LogP contribution >= 0.6 is 11.8 Å². The molecule has 2 heterocycles. The largest absolute Gasteiger partial charge is 0.459 e. The van der Waals surface area contributed by atoms with Crippen LogP contribution in [0.25, 0.3) is 6.08 Å². The summed E-state index contributed by atoms with van der Waals surface area (Å²) >= 11 is 1.34. The molecule has 128 heavy (non-hydrogen) atoms. The monoisotopic (exact) mass is 1800 g/mol. The Morgan fingerprint density at radius 3 is 1.75 bits per heavy atom. The van der Waals surface area contributed by atoms with Crippen molar-refractivity contribution in [1.29, 1.82) is 0 Å². The second-order valence-corrected chi connectivity index (χ2v) is 32.1. The number of nitrogens with zero attached hydrogens (tertiary/aromatic N) is 2. The van der Waals surface area contributed by atoms with E-state index in [1.165, 1.54) is 30.8 Å². The molecule has 0 aliphatic carbocycles. The highest BCUT2D eigenvalue weighted by Crippen LogP contribution is 2.33. The van der Waals surface area contributed by atoms with Gasteiger partial charge in [0.15, 0.2) is 0 Å². The minimum Gasteiger partial charge on any atom is -0.459 e. The molecule has 1 fully saturated rings. The number of carbonyl (C=O) groups excluding carboxylic acids is 15. The zero-order valence-corrected chi connectivity index (χ0v) is 73.4. The van der Waals surface area contributed by atoms with Gasteiger partial charge in [-0.15, -0.1) is 0 Å². The summed E-state index contributed by atoms with van der Waals surface area (Å²) < 4.78 is 5.60. The number of nitrogen functional groups attached to an aromatic ring is 1. The normalized spacial score (nSPS) is 19.1. The van der Waals surface area contributed by atoms with Crippen LogP contribution in [0, 0.1) is 11.8 Å². The van der Waals surface area contributed by atoms with E-state index in [9.17, 15) is 82.1 Å². The van der Waals surface area contributed by atoms with E-state index in [1.807, 2.05) is 24.3 Å². The molecule has 1 aromatic heterocycles. The number of urea groups is 2. The molecule has 16 amide bonds. The van der Waals surface area contributed by atoms with Gasteiger partial charge >= 0.3 is 18.0 Å². The molecule has 1 saturated heterocycles. The molecule has 1 aliphatic rings. The molecule has 13 atom stereocenters. The Morgan fingerprint density at radius 1 is 0.602 bits per heavy atom. The highest BCUT2D eigenvalue weighted by atomic mass is 32.2. The Hall–Kier alpha value is -13.0. The van der Waals surface area contributed by atoms with E-state index in [1.54, 1.807) is 132 Å². The predicted octanol–water partition coefficient (Wildman–Crippen LogP) is -2.17. The number of nitrogens with one attached hydrogen (secondary N) is 15. The molecule has 0 saturated carbocycles. The van der Waals surface area contributed by atoms with Gasteiger partial charge in [0.1, 0.15) is 79.6 Å². The first-order valence-electron chi connectivity index (χ1n) is 42.0. The lowest BCUT2D eigenvalue weighted by Gasteiger charge is -2.29. The summed E-state index contributed by atoms with van der Waals surface area (Å²) in [6, 6.07) is 13.1. The van der Waals surface area contributed by atoms with Gasteiger partial charge in [-0.25, -0.2) is 9.59 Å². The molecular formula is C86H121N23O18S. The second-order valence-electron chi connectivity index (χ2n) is 31.0. The van der Waals surface area contributed by atoms with Crippen LogP contribution in [0.5, 0.6) is 0 Å². The summed E-state index contributed by atoms with van der Waals surface area (Å²) in [4.78, 5) is 220. The maximum absolute atomic E-state index is 14.8. The number of primary amides is 1. The van der Waals surface area contributed by atoms with Gasteiger partial charge in [0.05, 0.1) is 29.2 Å². The van der Waals surface area contributed by atoms with Gasteiger partial charge in [-0.2, -0.15) is 0 Å². The molecule has 6 rings (SSSR count). The smallest absolute Gasteiger partial charge is 0.328 e. The van der Waals surface area contributed by atoms with E-state index < -0.39 is 187 Å². The molecule has 0 spiro atoms. The average Bonchev–Trinajstić information content (AvgIpc) is 0.886. The minimum absolute atomic E-state index is 0.00528. The van der Waals surface area contributed by atoms with E-state index in [-0.39, 0.29) is 108 Å². The maximum atomic E-state index is 14.8. The Bertz CT molecular complexity index is 4660. The molecule has 1 aliphatic heterocycles. The van der Waals surface area contributed by atoms with Crippen molar-refractivity contribution >= 4 is 124 Å². The third-order valence-corrected chi connectivity index (χ3v) is 21.0. The summed E-state index contributed by atoms with van der Waals surface area (Å²) in [6.45, 7) is 6.82. The molecule has 29 N–H and O–H groups in total. The van der Waals surface area contributed by atoms with Gasteiger partial charge in [0, 0.05) is 59.5 Å². The van der Waals surface area contributed by atoms with Crippen molar-refractivity contribution in [1.82, 2.24) is 79.4 Å². The number of amides is 16. The first-order valence-corrected chi connectivity index (χ1v) is 42.8. The summed E-state index contributed by atoms with van der Waals surface area (Å²) in [5.74, 6) is -12.6. The Morgan fingerprint density at radius 2 is 1.17 bits per heavy atom. The number of nitrogens with two attached hydrogens (primary N) is 6. The number of ether oxygens (including phenoxy) is 1. The number of anilines is 2. The van der Waals surface area contributed by atoms with Gasteiger partial charge in [0.25, 0.3) is 5.91 Å². The van der Waals surface area contributed by atoms with Crippen LogP contribution in [0.3, 0.4) is 0 Å². The molecule has 41 nitrogen and oxygen atoms in total. The summed E-state index contributed by atoms with van der Waals surface area (Å²) in [7, 11) is 1.55. The highest BCUT2D eigenvalue weighted by molar-refractivity contribution is 7.99. The third-order valence-electron chi connectivity index (χ3n) is 19.9. The molecule has 4 aromatic carbocycles. The number of hydrogen-bond donors (Lipinski definition) is 23. The molecule has 5 aromatic rings. The van der Waals surface area contributed by atoms with Crippen molar-refractivity contribution in [3.63, 3.8) is 0 Å². The number of aliphatic imine (C=N–C) groups is 1. The van der Waals surface area contributed by atoms with Crippen molar-refractivity contribution < 1.29 is 86.9 Å². The topological polar surface area (TPSA) is 668 Å². The zero-order valence-electron chi connectivity index (χ0n) is 72.6. The maximum Gasteiger partial charge on any atom is 0.328 e. The Labute approximate surface area is 745 Å². The number of aliphatic hydroxyl groups is 2. The van der Waals surface area contributed by atoms with Crippen LogP contribution in [0.4, 0.5) is 21.0 Å². The molecule has 1 unspecified atom stereocenters. The van der Waals surface area contributed by atoms with Gasteiger partial charge in [-0.3, -0.25) is 72.3 Å². The van der Waals surface area contributed by atoms with E-state index in [2.05, 4.69) is 89.7 Å². The number of rotatable bonds is 39. The number of aliphatic hydroxyl groups excluding tert-OH is 2. The fraction of sp³-hybridized carbons (Fsp3) is 0.453. The fourth-order valence-electron chi connectivity index (χ4n) is 13.1. The first kappa shape index (κ1) is 104. The van der Waals surface area contributed by atoms with Crippen LogP contribution in [0.2, 0.25) is 0 Å². The summed E-state index contributed by atoms with van der Waals surface area (Å²) in [5, 5.41) is 60.2. The van der Waals surface area contributed by atoms with Crippen molar-refractivity contribution in [2.75, 3.05) is 63.9 Å². The Kier molecular flexibility index (Phi) is 43.4. The fourth-order valence-corrected chi connectivity index (χ4v) is 14.1. The lowest BCUT2D eigenvalue weighted by Crippen LogP contribution is -2.62.